The van der Waals surface area contributed by atoms with Crippen LogP contribution in [0.15, 0.2) is 18.2 Å². The van der Waals surface area contributed by atoms with Gasteiger partial charge in [-0.2, -0.15) is 4.39 Å². The average molecular weight is 294 g/mol. The number of amides is 2. The van der Waals surface area contributed by atoms with E-state index < -0.39 is 16.4 Å². The number of rotatable bonds is 3. The number of hydrogen-bond donors (Lipinski definition) is 1. The summed E-state index contributed by atoms with van der Waals surface area (Å²) in [5.41, 5.74) is 0.193. The number of nitro groups is 1. The van der Waals surface area contributed by atoms with Crippen LogP contribution >= 0.6 is 0 Å². The summed E-state index contributed by atoms with van der Waals surface area (Å²) in [5.74, 6) is -0.811. The fourth-order valence-electron chi connectivity index (χ4n) is 2.87. The van der Waals surface area contributed by atoms with Gasteiger partial charge >= 0.3 is 11.7 Å². The van der Waals surface area contributed by atoms with Crippen LogP contribution in [0.1, 0.15) is 5.56 Å². The number of fused-ring (bicyclic) bond motifs is 1. The van der Waals surface area contributed by atoms with Crippen molar-refractivity contribution >= 4 is 11.7 Å². The van der Waals surface area contributed by atoms with E-state index in [2.05, 4.69) is 10.2 Å². The SMILES string of the molecule is O=C1NCC2CN(Cc3ccc([N+](=O)[O-])c(F)c3)CCN12. The topological polar surface area (TPSA) is 78.7 Å². The second-order valence-corrected chi connectivity index (χ2v) is 5.31. The summed E-state index contributed by atoms with van der Waals surface area (Å²) >= 11 is 0. The van der Waals surface area contributed by atoms with Crippen LogP contribution in [0.25, 0.3) is 0 Å². The summed E-state index contributed by atoms with van der Waals surface area (Å²) in [6, 6.07) is 4.10. The molecule has 1 N–H and O–H groups in total. The molecule has 7 nitrogen and oxygen atoms in total. The van der Waals surface area contributed by atoms with Crippen LogP contribution in [0.3, 0.4) is 0 Å². The minimum Gasteiger partial charge on any atom is -0.336 e. The Labute approximate surface area is 120 Å². The predicted molar refractivity (Wildman–Crippen MR) is 72.2 cm³/mol. The molecule has 2 heterocycles. The molecule has 8 heteroatoms. The maximum absolute atomic E-state index is 13.6. The molecule has 1 unspecified atom stereocenters. The monoisotopic (exact) mass is 294 g/mol. The molecule has 0 spiro atoms. The van der Waals surface area contributed by atoms with Gasteiger partial charge < -0.3 is 10.2 Å². The van der Waals surface area contributed by atoms with Crippen molar-refractivity contribution in [3.05, 3.63) is 39.7 Å². The van der Waals surface area contributed by atoms with Crippen LogP contribution in [-0.4, -0.2) is 53.0 Å². The molecule has 2 amide bonds. The van der Waals surface area contributed by atoms with E-state index >= 15 is 0 Å². The molecule has 0 aromatic heterocycles. The minimum atomic E-state index is -0.811. The van der Waals surface area contributed by atoms with Gasteiger partial charge in [-0.1, -0.05) is 6.07 Å². The van der Waals surface area contributed by atoms with Crippen molar-refractivity contribution in [1.82, 2.24) is 15.1 Å². The molecule has 0 bridgehead atoms. The minimum absolute atomic E-state index is 0.0268. The normalized spacial score (nSPS) is 22.0. The standard InChI is InChI=1S/C13H15FN4O3/c14-11-5-9(1-2-12(11)18(20)21)7-16-3-4-17-10(8-16)6-15-13(17)19/h1-2,5,10H,3-4,6-8H2,(H,15,19). The average Bonchev–Trinajstić information content (AvgIpc) is 2.80. The summed E-state index contributed by atoms with van der Waals surface area (Å²) in [6.07, 6.45) is 0. The number of hydrogen-bond acceptors (Lipinski definition) is 4. The Morgan fingerprint density at radius 1 is 1.43 bits per heavy atom. The Bertz CT molecular complexity index is 595. The molecule has 2 aliphatic rings. The zero-order valence-electron chi connectivity index (χ0n) is 11.3. The lowest BCUT2D eigenvalue weighted by Gasteiger charge is -2.36. The number of nitrogens with zero attached hydrogens (tertiary/aromatic N) is 3. The third kappa shape index (κ3) is 2.66. The largest absolute Gasteiger partial charge is 0.336 e. The van der Waals surface area contributed by atoms with E-state index in [1.54, 1.807) is 6.07 Å². The Hall–Kier alpha value is -2.22. The molecule has 0 aliphatic carbocycles. The van der Waals surface area contributed by atoms with E-state index in [1.807, 2.05) is 4.90 Å². The summed E-state index contributed by atoms with van der Waals surface area (Å²) in [5, 5.41) is 13.4. The van der Waals surface area contributed by atoms with Gasteiger partial charge in [0, 0.05) is 38.8 Å². The molecule has 2 aliphatic heterocycles. The van der Waals surface area contributed by atoms with Crippen molar-refractivity contribution in [2.75, 3.05) is 26.2 Å². The fraction of sp³-hybridized carbons (Fsp3) is 0.462. The number of benzene rings is 1. The van der Waals surface area contributed by atoms with Crippen molar-refractivity contribution in [3.63, 3.8) is 0 Å². The second-order valence-electron chi connectivity index (χ2n) is 5.31. The second kappa shape index (κ2) is 5.28. The summed E-state index contributed by atoms with van der Waals surface area (Å²) in [6.45, 7) is 3.23. The first-order chi connectivity index (χ1) is 10.0. The Kier molecular flexibility index (Phi) is 3.46. The van der Waals surface area contributed by atoms with Gasteiger partial charge in [0.2, 0.25) is 5.82 Å². The maximum atomic E-state index is 13.6. The highest BCUT2D eigenvalue weighted by Gasteiger charge is 2.35. The van der Waals surface area contributed by atoms with Gasteiger partial charge in [0.25, 0.3) is 0 Å². The lowest BCUT2D eigenvalue weighted by Crippen LogP contribution is -2.51. The Morgan fingerprint density at radius 2 is 2.24 bits per heavy atom. The molecule has 2 saturated heterocycles. The van der Waals surface area contributed by atoms with E-state index in [4.69, 9.17) is 0 Å². The zero-order chi connectivity index (χ0) is 15.0. The van der Waals surface area contributed by atoms with E-state index in [-0.39, 0.29) is 12.1 Å². The van der Waals surface area contributed by atoms with Gasteiger partial charge in [0.15, 0.2) is 0 Å². The Morgan fingerprint density at radius 3 is 2.95 bits per heavy atom. The molecule has 0 radical (unpaired) electrons. The molecule has 3 rings (SSSR count). The molecule has 112 valence electrons. The van der Waals surface area contributed by atoms with Gasteiger partial charge in [-0.25, -0.2) is 4.79 Å². The van der Waals surface area contributed by atoms with E-state index in [0.717, 1.165) is 6.54 Å². The number of piperazine rings is 1. The molecular weight excluding hydrogens is 279 g/mol. The summed E-state index contributed by atoms with van der Waals surface area (Å²) in [4.78, 5) is 25.3. The van der Waals surface area contributed by atoms with Gasteiger partial charge in [-0.3, -0.25) is 15.0 Å². The van der Waals surface area contributed by atoms with Crippen molar-refractivity contribution in [2.45, 2.75) is 12.6 Å². The van der Waals surface area contributed by atoms with E-state index in [9.17, 15) is 19.3 Å². The molecule has 1 atom stereocenters. The molecule has 1 aromatic rings. The van der Waals surface area contributed by atoms with Crippen LogP contribution in [0.5, 0.6) is 0 Å². The number of nitro benzene ring substituents is 1. The molecular formula is C13H15FN4O3. The number of carbonyl (C=O) groups excluding carboxylic acids is 1. The number of carbonyl (C=O) groups is 1. The van der Waals surface area contributed by atoms with Crippen LogP contribution in [0, 0.1) is 15.9 Å². The van der Waals surface area contributed by atoms with Crippen LogP contribution in [0.4, 0.5) is 14.9 Å². The van der Waals surface area contributed by atoms with Gasteiger partial charge in [0.05, 0.1) is 11.0 Å². The van der Waals surface area contributed by atoms with E-state index in [1.165, 1.54) is 12.1 Å². The lowest BCUT2D eigenvalue weighted by atomic mass is 10.1. The van der Waals surface area contributed by atoms with Crippen molar-refractivity contribution < 1.29 is 14.1 Å². The third-order valence-electron chi connectivity index (χ3n) is 3.93. The van der Waals surface area contributed by atoms with Crippen molar-refractivity contribution in [2.24, 2.45) is 0 Å². The lowest BCUT2D eigenvalue weighted by molar-refractivity contribution is -0.387. The van der Waals surface area contributed by atoms with Crippen LogP contribution in [-0.2, 0) is 6.54 Å². The number of halogens is 1. The van der Waals surface area contributed by atoms with Crippen molar-refractivity contribution in [1.29, 1.82) is 0 Å². The highest BCUT2D eigenvalue weighted by molar-refractivity contribution is 5.77. The highest BCUT2D eigenvalue weighted by Crippen LogP contribution is 2.21. The van der Waals surface area contributed by atoms with Gasteiger partial charge in [-0.15, -0.1) is 0 Å². The third-order valence-corrected chi connectivity index (χ3v) is 3.93. The van der Waals surface area contributed by atoms with Gasteiger partial charge in [-0.05, 0) is 11.6 Å². The predicted octanol–water partition coefficient (Wildman–Crippen LogP) is 0.943. The quantitative estimate of drug-likeness (QED) is 0.665. The number of urea groups is 1. The first kappa shape index (κ1) is 13.7. The zero-order valence-corrected chi connectivity index (χ0v) is 11.3. The molecule has 0 saturated carbocycles. The van der Waals surface area contributed by atoms with E-state index in [0.29, 0.717) is 31.7 Å². The highest BCUT2D eigenvalue weighted by atomic mass is 19.1. The summed E-state index contributed by atoms with van der Waals surface area (Å²) < 4.78 is 13.6. The van der Waals surface area contributed by atoms with Crippen LogP contribution < -0.4 is 5.32 Å². The Balaban J connectivity index is 1.66. The van der Waals surface area contributed by atoms with Crippen molar-refractivity contribution in [3.8, 4) is 0 Å². The van der Waals surface area contributed by atoms with Crippen LogP contribution in [0.2, 0.25) is 0 Å². The fourth-order valence-corrected chi connectivity index (χ4v) is 2.87. The smallest absolute Gasteiger partial charge is 0.317 e. The maximum Gasteiger partial charge on any atom is 0.317 e. The molecule has 1 aromatic carbocycles. The first-order valence-corrected chi connectivity index (χ1v) is 6.74. The van der Waals surface area contributed by atoms with Gasteiger partial charge in [0.1, 0.15) is 0 Å². The summed E-state index contributed by atoms with van der Waals surface area (Å²) in [7, 11) is 0. The first-order valence-electron chi connectivity index (χ1n) is 6.74. The molecule has 2 fully saturated rings. The molecule has 21 heavy (non-hydrogen) atoms. The number of nitrogens with one attached hydrogen (secondary N) is 1.